The second-order valence-corrected chi connectivity index (χ2v) is 6.17. The van der Waals surface area contributed by atoms with Gasteiger partial charge in [0.05, 0.1) is 10.6 Å². The minimum absolute atomic E-state index is 0.246. The monoisotopic (exact) mass is 394 g/mol. The maximum atomic E-state index is 11.9. The molecule has 2 N–H and O–H groups in total. The van der Waals surface area contributed by atoms with E-state index in [-0.39, 0.29) is 17.1 Å². The normalized spacial score (nSPS) is 10.1. The van der Waals surface area contributed by atoms with E-state index < -0.39 is 24.4 Å². The first-order chi connectivity index (χ1) is 12.4. The predicted octanol–water partition coefficient (Wildman–Crippen LogP) is 3.21. The minimum Gasteiger partial charge on any atom is -0.454 e. The predicted molar refractivity (Wildman–Crippen MR) is 99.6 cm³/mol. The maximum Gasteiger partial charge on any atom is 0.325 e. The number of amides is 2. The zero-order chi connectivity index (χ0) is 19.1. The van der Waals surface area contributed by atoms with Crippen molar-refractivity contribution in [2.24, 2.45) is 0 Å². The summed E-state index contributed by atoms with van der Waals surface area (Å²) in [6.45, 7) is 0.947. The van der Waals surface area contributed by atoms with Crippen molar-refractivity contribution in [3.8, 4) is 0 Å². The highest BCUT2D eigenvalue weighted by Gasteiger charge is 2.13. The molecule has 2 aromatic rings. The van der Waals surface area contributed by atoms with Gasteiger partial charge in [0.1, 0.15) is 6.54 Å². The molecule has 2 rings (SSSR count). The summed E-state index contributed by atoms with van der Waals surface area (Å²) in [6.07, 6.45) is 0. The number of halogens is 2. The smallest absolute Gasteiger partial charge is 0.325 e. The third kappa shape index (κ3) is 5.75. The van der Waals surface area contributed by atoms with Crippen molar-refractivity contribution in [1.82, 2.24) is 5.32 Å². The van der Waals surface area contributed by atoms with Gasteiger partial charge in [-0.2, -0.15) is 0 Å². The van der Waals surface area contributed by atoms with Gasteiger partial charge in [0.25, 0.3) is 11.8 Å². The van der Waals surface area contributed by atoms with Crippen LogP contribution < -0.4 is 10.6 Å². The number of hydrogen-bond acceptors (Lipinski definition) is 4. The summed E-state index contributed by atoms with van der Waals surface area (Å²) in [5.41, 5.74) is 1.60. The fourth-order valence-corrected chi connectivity index (χ4v) is 2.40. The molecular weight excluding hydrogens is 379 g/mol. The van der Waals surface area contributed by atoms with E-state index in [1.54, 1.807) is 36.4 Å². The van der Waals surface area contributed by atoms with E-state index in [4.69, 9.17) is 27.9 Å². The number of hydrogen-bond donors (Lipinski definition) is 2. The van der Waals surface area contributed by atoms with Gasteiger partial charge in [0.2, 0.25) is 0 Å². The van der Waals surface area contributed by atoms with Crippen LogP contribution in [-0.4, -0.2) is 30.9 Å². The van der Waals surface area contributed by atoms with Crippen LogP contribution >= 0.6 is 23.2 Å². The molecule has 0 aliphatic rings. The van der Waals surface area contributed by atoms with E-state index in [2.05, 4.69) is 10.6 Å². The fourth-order valence-electron chi connectivity index (χ4n) is 2.01. The molecule has 0 fully saturated rings. The van der Waals surface area contributed by atoms with Crippen molar-refractivity contribution in [2.75, 3.05) is 18.5 Å². The number of carbonyl (C=O) groups is 3. The van der Waals surface area contributed by atoms with Crippen LogP contribution in [0.25, 0.3) is 0 Å². The number of aryl methyl sites for hydroxylation is 1. The average Bonchev–Trinajstić information content (AvgIpc) is 2.61. The van der Waals surface area contributed by atoms with Gasteiger partial charge in [-0.1, -0.05) is 41.4 Å². The SMILES string of the molecule is Cc1ccc(Cl)cc1NC(=O)COC(=O)CNC(=O)c1ccccc1Cl. The molecule has 0 unspecified atom stereocenters. The highest BCUT2D eigenvalue weighted by atomic mass is 35.5. The molecule has 0 saturated heterocycles. The largest absolute Gasteiger partial charge is 0.454 e. The van der Waals surface area contributed by atoms with E-state index in [1.165, 1.54) is 6.07 Å². The topological polar surface area (TPSA) is 84.5 Å². The van der Waals surface area contributed by atoms with Gasteiger partial charge < -0.3 is 15.4 Å². The number of benzene rings is 2. The van der Waals surface area contributed by atoms with Gasteiger partial charge in [-0.05, 0) is 36.8 Å². The zero-order valence-corrected chi connectivity index (χ0v) is 15.4. The lowest BCUT2D eigenvalue weighted by atomic mass is 10.2. The molecule has 0 radical (unpaired) electrons. The molecule has 0 atom stereocenters. The summed E-state index contributed by atoms with van der Waals surface area (Å²) < 4.78 is 4.83. The molecule has 0 spiro atoms. The molecular formula is C18H16Cl2N2O4. The fraction of sp³-hybridized carbons (Fsp3) is 0.167. The number of anilines is 1. The number of nitrogens with one attached hydrogen (secondary N) is 2. The lowest BCUT2D eigenvalue weighted by Crippen LogP contribution is -2.32. The molecule has 2 amide bonds. The van der Waals surface area contributed by atoms with Crippen molar-refractivity contribution in [3.05, 3.63) is 63.6 Å². The Morgan fingerprint density at radius 3 is 2.54 bits per heavy atom. The lowest BCUT2D eigenvalue weighted by Gasteiger charge is -2.10. The number of ether oxygens (including phenoxy) is 1. The van der Waals surface area contributed by atoms with E-state index >= 15 is 0 Å². The van der Waals surface area contributed by atoms with Gasteiger partial charge in [-0.3, -0.25) is 14.4 Å². The number of esters is 1. The second kappa shape index (κ2) is 9.22. The Hall–Kier alpha value is -2.57. The highest BCUT2D eigenvalue weighted by molar-refractivity contribution is 6.33. The number of carbonyl (C=O) groups excluding carboxylic acids is 3. The van der Waals surface area contributed by atoms with Crippen molar-refractivity contribution >= 4 is 46.7 Å². The molecule has 0 aliphatic heterocycles. The van der Waals surface area contributed by atoms with Crippen molar-refractivity contribution < 1.29 is 19.1 Å². The van der Waals surface area contributed by atoms with Gasteiger partial charge in [0, 0.05) is 10.7 Å². The molecule has 2 aromatic carbocycles. The Morgan fingerprint density at radius 1 is 1.08 bits per heavy atom. The summed E-state index contributed by atoms with van der Waals surface area (Å²) >= 11 is 11.8. The van der Waals surface area contributed by atoms with Gasteiger partial charge in [-0.25, -0.2) is 0 Å². The summed E-state index contributed by atoms with van der Waals surface area (Å²) in [5.74, 6) is -1.77. The summed E-state index contributed by atoms with van der Waals surface area (Å²) in [5, 5.41) is 5.73. The first kappa shape index (κ1) is 19.8. The molecule has 136 valence electrons. The van der Waals surface area contributed by atoms with Gasteiger partial charge in [0.15, 0.2) is 6.61 Å². The Bertz CT molecular complexity index is 840. The number of rotatable bonds is 6. The zero-order valence-electron chi connectivity index (χ0n) is 13.8. The first-order valence-corrected chi connectivity index (χ1v) is 8.37. The third-order valence-electron chi connectivity index (χ3n) is 3.35. The van der Waals surface area contributed by atoms with Crippen LogP contribution in [0.5, 0.6) is 0 Å². The van der Waals surface area contributed by atoms with Crippen LogP contribution in [0.15, 0.2) is 42.5 Å². The minimum atomic E-state index is -0.747. The van der Waals surface area contributed by atoms with E-state index in [9.17, 15) is 14.4 Å². The van der Waals surface area contributed by atoms with E-state index in [0.29, 0.717) is 10.7 Å². The molecule has 0 saturated carbocycles. The molecule has 26 heavy (non-hydrogen) atoms. The Balaban J connectivity index is 1.78. The molecule has 0 heterocycles. The summed E-state index contributed by atoms with van der Waals surface area (Å²) in [6, 6.07) is 11.5. The Kier molecular flexibility index (Phi) is 7.00. The summed E-state index contributed by atoms with van der Waals surface area (Å²) in [4.78, 5) is 35.4. The average molecular weight is 395 g/mol. The van der Waals surface area contributed by atoms with Crippen molar-refractivity contribution in [3.63, 3.8) is 0 Å². The standard InChI is InChI=1S/C18H16Cl2N2O4/c1-11-6-7-12(19)8-15(11)22-16(23)10-26-17(24)9-21-18(25)13-4-2-3-5-14(13)20/h2-8H,9-10H2,1H3,(H,21,25)(H,22,23). The van der Waals surface area contributed by atoms with Gasteiger partial charge in [-0.15, -0.1) is 0 Å². The summed E-state index contributed by atoms with van der Waals surface area (Å²) in [7, 11) is 0. The van der Waals surface area contributed by atoms with Crippen LogP contribution in [0.4, 0.5) is 5.69 Å². The van der Waals surface area contributed by atoms with E-state index in [0.717, 1.165) is 5.56 Å². The molecule has 8 heteroatoms. The maximum absolute atomic E-state index is 11.9. The van der Waals surface area contributed by atoms with Crippen LogP contribution in [0.1, 0.15) is 15.9 Å². The van der Waals surface area contributed by atoms with E-state index in [1.807, 2.05) is 6.92 Å². The molecule has 6 nitrogen and oxygen atoms in total. The van der Waals surface area contributed by atoms with Crippen molar-refractivity contribution in [2.45, 2.75) is 6.92 Å². The quantitative estimate of drug-likeness (QED) is 0.736. The van der Waals surface area contributed by atoms with Crippen LogP contribution in [0.2, 0.25) is 10.0 Å². The van der Waals surface area contributed by atoms with Crippen LogP contribution in [0.3, 0.4) is 0 Å². The van der Waals surface area contributed by atoms with Crippen molar-refractivity contribution in [1.29, 1.82) is 0 Å². The Morgan fingerprint density at radius 2 is 1.81 bits per heavy atom. The molecule has 0 aliphatic carbocycles. The van der Waals surface area contributed by atoms with Crippen LogP contribution in [0, 0.1) is 6.92 Å². The second-order valence-electron chi connectivity index (χ2n) is 5.33. The highest BCUT2D eigenvalue weighted by Crippen LogP contribution is 2.20. The van der Waals surface area contributed by atoms with Gasteiger partial charge >= 0.3 is 5.97 Å². The lowest BCUT2D eigenvalue weighted by molar-refractivity contribution is -0.146. The Labute approximate surface area is 160 Å². The third-order valence-corrected chi connectivity index (χ3v) is 3.91. The molecule has 0 bridgehead atoms. The molecule has 0 aromatic heterocycles. The van der Waals surface area contributed by atoms with Crippen LogP contribution in [-0.2, 0) is 14.3 Å². The first-order valence-electron chi connectivity index (χ1n) is 7.61.